The van der Waals surface area contributed by atoms with Crippen LogP contribution in [0.15, 0.2) is 40.6 Å². The van der Waals surface area contributed by atoms with Crippen molar-refractivity contribution in [2.45, 2.75) is 30.9 Å². The average Bonchev–Trinajstić information content (AvgIpc) is 3.20. The van der Waals surface area contributed by atoms with Gasteiger partial charge in [0.2, 0.25) is 0 Å². The summed E-state index contributed by atoms with van der Waals surface area (Å²) in [6.07, 6.45) is -0.198. The van der Waals surface area contributed by atoms with Crippen LogP contribution in [0.4, 0.5) is 0 Å². The van der Waals surface area contributed by atoms with Gasteiger partial charge in [0.1, 0.15) is 0 Å². The number of sulfonamides is 1. The van der Waals surface area contributed by atoms with Crippen LogP contribution in [0.5, 0.6) is 0 Å². The van der Waals surface area contributed by atoms with E-state index in [1.165, 1.54) is 50.2 Å². The van der Waals surface area contributed by atoms with E-state index in [2.05, 4.69) is 0 Å². The first-order chi connectivity index (χ1) is 13.7. The number of ether oxygens (including phenoxy) is 1. The first-order valence-corrected chi connectivity index (χ1v) is 11.2. The molecule has 1 aliphatic rings. The summed E-state index contributed by atoms with van der Waals surface area (Å²) in [7, 11) is -1.43. The Balaban J connectivity index is 1.69. The molecule has 0 bridgehead atoms. The van der Waals surface area contributed by atoms with Crippen LogP contribution in [-0.2, 0) is 37.4 Å². The number of thiophene rings is 1. The predicted molar refractivity (Wildman–Crippen MR) is 107 cm³/mol. The lowest BCUT2D eigenvalue weighted by molar-refractivity contribution is -0.140. The van der Waals surface area contributed by atoms with Crippen molar-refractivity contribution in [3.05, 3.63) is 51.7 Å². The second kappa shape index (κ2) is 8.62. The van der Waals surface area contributed by atoms with E-state index in [0.29, 0.717) is 17.6 Å². The molecule has 1 aromatic heterocycles. The number of hydrogen-bond acceptors (Lipinski definition) is 7. The van der Waals surface area contributed by atoms with Gasteiger partial charge in [0, 0.05) is 25.0 Å². The molecule has 1 amide bonds. The van der Waals surface area contributed by atoms with Crippen LogP contribution < -0.4 is 0 Å². The quantitative estimate of drug-likeness (QED) is 0.506. The Labute approximate surface area is 173 Å². The minimum Gasteiger partial charge on any atom is -0.449 e. The van der Waals surface area contributed by atoms with Crippen molar-refractivity contribution in [2.75, 3.05) is 20.7 Å². The van der Waals surface area contributed by atoms with Gasteiger partial charge in [-0.25, -0.2) is 13.2 Å². The molecule has 0 radical (unpaired) electrons. The molecule has 2 aromatic rings. The van der Waals surface area contributed by atoms with Crippen molar-refractivity contribution in [3.63, 3.8) is 0 Å². The van der Waals surface area contributed by atoms with Gasteiger partial charge < -0.3 is 9.64 Å². The zero-order valence-electron chi connectivity index (χ0n) is 16.3. The molecule has 0 aliphatic carbocycles. The number of nitrogens with zero attached hydrogens (tertiary/aromatic N) is 2. The van der Waals surface area contributed by atoms with E-state index in [1.807, 2.05) is 11.4 Å². The SMILES string of the molecule is CON(C)S(=O)(=O)c1cccc(C(=O)OC(C)C(=O)N2CCc3sccc3C2)c1. The topological polar surface area (TPSA) is 93.2 Å². The Bertz CT molecular complexity index is 1020. The second-order valence-corrected chi connectivity index (χ2v) is 9.49. The van der Waals surface area contributed by atoms with Gasteiger partial charge in [0.05, 0.1) is 17.6 Å². The minimum absolute atomic E-state index is 0.0361. The third kappa shape index (κ3) is 4.50. The number of hydrogen-bond donors (Lipinski definition) is 0. The molecule has 10 heteroatoms. The van der Waals surface area contributed by atoms with Crippen LogP contribution >= 0.6 is 11.3 Å². The van der Waals surface area contributed by atoms with Crippen molar-refractivity contribution in [1.82, 2.24) is 9.37 Å². The largest absolute Gasteiger partial charge is 0.449 e. The fourth-order valence-electron chi connectivity index (χ4n) is 3.00. The summed E-state index contributed by atoms with van der Waals surface area (Å²) in [4.78, 5) is 32.7. The molecule has 0 fully saturated rings. The van der Waals surface area contributed by atoms with E-state index >= 15 is 0 Å². The van der Waals surface area contributed by atoms with Gasteiger partial charge >= 0.3 is 5.97 Å². The second-order valence-electron chi connectivity index (χ2n) is 6.55. The molecule has 3 rings (SSSR count). The van der Waals surface area contributed by atoms with Gasteiger partial charge in [0.25, 0.3) is 15.9 Å². The van der Waals surface area contributed by atoms with Crippen LogP contribution in [-0.4, -0.2) is 56.5 Å². The highest BCUT2D eigenvalue weighted by molar-refractivity contribution is 7.89. The maximum atomic E-state index is 12.7. The number of esters is 1. The van der Waals surface area contributed by atoms with Gasteiger partial charge in [-0.1, -0.05) is 10.5 Å². The molecule has 0 saturated heterocycles. The lowest BCUT2D eigenvalue weighted by atomic mass is 10.1. The monoisotopic (exact) mass is 438 g/mol. The highest BCUT2D eigenvalue weighted by atomic mass is 32.2. The lowest BCUT2D eigenvalue weighted by Gasteiger charge is -2.29. The van der Waals surface area contributed by atoms with E-state index < -0.39 is 22.1 Å². The van der Waals surface area contributed by atoms with Crippen molar-refractivity contribution in [2.24, 2.45) is 0 Å². The smallest absolute Gasteiger partial charge is 0.338 e. The Morgan fingerprint density at radius 3 is 2.76 bits per heavy atom. The summed E-state index contributed by atoms with van der Waals surface area (Å²) in [5.74, 6) is -1.05. The third-order valence-corrected chi connectivity index (χ3v) is 7.41. The Morgan fingerprint density at radius 1 is 1.28 bits per heavy atom. The molecule has 1 atom stereocenters. The summed E-state index contributed by atoms with van der Waals surface area (Å²) in [5, 5.41) is 2.00. The van der Waals surface area contributed by atoms with E-state index in [4.69, 9.17) is 9.57 Å². The number of benzene rings is 1. The summed E-state index contributed by atoms with van der Waals surface area (Å²) in [6, 6.07) is 7.41. The number of amides is 1. The summed E-state index contributed by atoms with van der Waals surface area (Å²) in [6.45, 7) is 2.59. The summed E-state index contributed by atoms with van der Waals surface area (Å²) >= 11 is 1.68. The van der Waals surface area contributed by atoms with E-state index in [1.54, 1.807) is 16.2 Å². The molecule has 1 unspecified atom stereocenters. The highest BCUT2D eigenvalue weighted by Crippen LogP contribution is 2.25. The molecule has 0 saturated carbocycles. The number of carbonyl (C=O) groups excluding carboxylic acids is 2. The Morgan fingerprint density at radius 2 is 2.03 bits per heavy atom. The predicted octanol–water partition coefficient (Wildman–Crippen LogP) is 2.06. The minimum atomic E-state index is -3.90. The number of rotatable bonds is 6. The molecule has 0 N–H and O–H groups in total. The van der Waals surface area contributed by atoms with Gasteiger partial charge in [-0.05, 0) is 48.6 Å². The first kappa shape index (κ1) is 21.4. The molecular formula is C19H22N2O6S2. The standard InChI is InChI=1S/C19H22N2O6S2/c1-13(18(22)21-9-7-17-15(12-21)8-10-28-17)27-19(23)14-5-4-6-16(11-14)29(24,25)20(2)26-3/h4-6,8,10-11,13H,7,9,12H2,1-3H3. The maximum Gasteiger partial charge on any atom is 0.338 e. The zero-order chi connectivity index (χ0) is 21.2. The molecule has 156 valence electrons. The molecule has 1 aromatic carbocycles. The van der Waals surface area contributed by atoms with E-state index in [-0.39, 0.29) is 16.4 Å². The Kier molecular flexibility index (Phi) is 6.37. The van der Waals surface area contributed by atoms with Gasteiger partial charge in [0.15, 0.2) is 6.10 Å². The van der Waals surface area contributed by atoms with Crippen LogP contribution in [0.25, 0.3) is 0 Å². The lowest BCUT2D eigenvalue weighted by Crippen LogP contribution is -2.42. The number of hydroxylamine groups is 1. The molecule has 8 nitrogen and oxygen atoms in total. The van der Waals surface area contributed by atoms with Crippen LogP contribution in [0.1, 0.15) is 27.7 Å². The molecule has 29 heavy (non-hydrogen) atoms. The van der Waals surface area contributed by atoms with Crippen LogP contribution in [0, 0.1) is 0 Å². The first-order valence-electron chi connectivity index (χ1n) is 8.92. The normalized spacial score (nSPS) is 15.1. The van der Waals surface area contributed by atoms with E-state index in [9.17, 15) is 18.0 Å². The van der Waals surface area contributed by atoms with Crippen molar-refractivity contribution in [3.8, 4) is 0 Å². The Hall–Kier alpha value is -2.27. The van der Waals surface area contributed by atoms with Crippen LogP contribution in [0.3, 0.4) is 0 Å². The molecule has 2 heterocycles. The summed E-state index contributed by atoms with van der Waals surface area (Å²) < 4.78 is 30.7. The third-order valence-electron chi connectivity index (χ3n) is 4.71. The fourth-order valence-corrected chi connectivity index (χ4v) is 4.91. The maximum absolute atomic E-state index is 12.7. The number of fused-ring (bicyclic) bond motifs is 1. The van der Waals surface area contributed by atoms with Crippen molar-refractivity contribution >= 4 is 33.2 Å². The van der Waals surface area contributed by atoms with Gasteiger partial charge in [-0.3, -0.25) is 9.63 Å². The molecular weight excluding hydrogens is 416 g/mol. The van der Waals surface area contributed by atoms with Crippen molar-refractivity contribution < 1.29 is 27.6 Å². The highest BCUT2D eigenvalue weighted by Gasteiger charge is 2.28. The van der Waals surface area contributed by atoms with E-state index in [0.717, 1.165) is 12.0 Å². The average molecular weight is 439 g/mol. The molecule has 0 spiro atoms. The molecule has 1 aliphatic heterocycles. The van der Waals surface area contributed by atoms with Gasteiger partial charge in [-0.15, -0.1) is 11.3 Å². The summed E-state index contributed by atoms with van der Waals surface area (Å²) in [5.41, 5.74) is 1.15. The fraction of sp³-hybridized carbons (Fsp3) is 0.368. The van der Waals surface area contributed by atoms with Crippen molar-refractivity contribution in [1.29, 1.82) is 0 Å². The zero-order valence-corrected chi connectivity index (χ0v) is 18.0. The van der Waals surface area contributed by atoms with Crippen LogP contribution in [0.2, 0.25) is 0 Å². The number of carbonyl (C=O) groups is 2. The van der Waals surface area contributed by atoms with Gasteiger partial charge in [-0.2, -0.15) is 0 Å².